The summed E-state index contributed by atoms with van der Waals surface area (Å²) in [4.78, 5) is 2.06. The van der Waals surface area contributed by atoms with Crippen molar-refractivity contribution in [2.75, 3.05) is 13.6 Å². The topological polar surface area (TPSA) is 3.24 Å². The van der Waals surface area contributed by atoms with Gasteiger partial charge in [0.2, 0.25) is 0 Å². The van der Waals surface area contributed by atoms with Gasteiger partial charge in [-0.15, -0.1) is 0 Å². The van der Waals surface area contributed by atoms with Gasteiger partial charge in [-0.2, -0.15) is 0 Å². The van der Waals surface area contributed by atoms with Crippen LogP contribution in [-0.2, 0) is 0 Å². The Morgan fingerprint density at radius 2 is 2.22 bits per heavy atom. The highest BCUT2D eigenvalue weighted by Crippen LogP contribution is 2.30. The summed E-state index contributed by atoms with van der Waals surface area (Å²) in [5.74, 6) is 0. The van der Waals surface area contributed by atoms with E-state index in [-0.39, 0.29) is 5.41 Å². The molecule has 0 saturated heterocycles. The minimum Gasteiger partial charge on any atom is -0.365 e. The Kier molecular flexibility index (Phi) is 1.47. The normalized spacial score (nSPS) is 24.4. The van der Waals surface area contributed by atoms with Gasteiger partial charge < -0.3 is 4.90 Å². The SMILES string of the molecule is CN1CC(C)(C)C=C1Cl. The van der Waals surface area contributed by atoms with Crippen LogP contribution in [0.2, 0.25) is 0 Å². The maximum atomic E-state index is 5.83. The van der Waals surface area contributed by atoms with Gasteiger partial charge in [0.1, 0.15) is 5.16 Å². The summed E-state index contributed by atoms with van der Waals surface area (Å²) in [6, 6.07) is 0. The lowest BCUT2D eigenvalue weighted by molar-refractivity contribution is 0.358. The molecule has 52 valence electrons. The zero-order valence-electron chi connectivity index (χ0n) is 6.11. The van der Waals surface area contributed by atoms with Crippen LogP contribution in [0.3, 0.4) is 0 Å². The first-order valence-electron chi connectivity index (χ1n) is 3.11. The van der Waals surface area contributed by atoms with Crippen LogP contribution >= 0.6 is 11.6 Å². The van der Waals surface area contributed by atoms with Crippen LogP contribution in [0, 0.1) is 5.41 Å². The molecule has 0 saturated carbocycles. The van der Waals surface area contributed by atoms with Gasteiger partial charge in [-0.1, -0.05) is 25.4 Å². The van der Waals surface area contributed by atoms with Gasteiger partial charge >= 0.3 is 0 Å². The van der Waals surface area contributed by atoms with E-state index in [0.717, 1.165) is 11.7 Å². The van der Waals surface area contributed by atoms with Gasteiger partial charge in [0, 0.05) is 19.0 Å². The summed E-state index contributed by atoms with van der Waals surface area (Å²) in [6.07, 6.45) is 2.09. The number of rotatable bonds is 0. The van der Waals surface area contributed by atoms with Gasteiger partial charge in [-0.05, 0) is 6.08 Å². The van der Waals surface area contributed by atoms with E-state index in [4.69, 9.17) is 11.6 Å². The van der Waals surface area contributed by atoms with Gasteiger partial charge in [0.25, 0.3) is 0 Å². The summed E-state index contributed by atoms with van der Waals surface area (Å²) in [5, 5.41) is 0.875. The van der Waals surface area contributed by atoms with Crippen molar-refractivity contribution in [1.82, 2.24) is 4.90 Å². The van der Waals surface area contributed by atoms with E-state index in [1.54, 1.807) is 0 Å². The standard InChI is InChI=1S/C7H12ClN/c1-7(2)4-6(8)9(3)5-7/h4H,5H2,1-3H3. The molecule has 0 fully saturated rings. The average Bonchev–Trinajstić information content (AvgIpc) is 1.79. The molecule has 1 aliphatic heterocycles. The second-order valence-corrected chi connectivity index (χ2v) is 3.70. The summed E-state index contributed by atoms with van der Waals surface area (Å²) < 4.78 is 0. The number of hydrogen-bond acceptors (Lipinski definition) is 1. The lowest BCUT2D eigenvalue weighted by atomic mass is 9.96. The Labute approximate surface area is 61.3 Å². The van der Waals surface area contributed by atoms with Gasteiger partial charge in [-0.3, -0.25) is 0 Å². The Hall–Kier alpha value is -0.170. The molecule has 0 atom stereocenters. The summed E-state index contributed by atoms with van der Waals surface area (Å²) >= 11 is 5.83. The van der Waals surface area contributed by atoms with Gasteiger partial charge in [0.15, 0.2) is 0 Å². The molecule has 1 nitrogen and oxygen atoms in total. The molecule has 0 aliphatic carbocycles. The largest absolute Gasteiger partial charge is 0.365 e. The van der Waals surface area contributed by atoms with Crippen LogP contribution < -0.4 is 0 Å². The Bertz CT molecular complexity index is 149. The van der Waals surface area contributed by atoms with Crippen LogP contribution in [-0.4, -0.2) is 18.5 Å². The zero-order valence-corrected chi connectivity index (χ0v) is 6.87. The molecule has 0 amide bonds. The zero-order chi connectivity index (χ0) is 7.07. The molecule has 0 aromatic heterocycles. The molecule has 0 aromatic rings. The van der Waals surface area contributed by atoms with Crippen LogP contribution in [0.1, 0.15) is 13.8 Å². The predicted octanol–water partition coefficient (Wildman–Crippen LogP) is 2.04. The van der Waals surface area contributed by atoms with Crippen molar-refractivity contribution >= 4 is 11.6 Å². The van der Waals surface area contributed by atoms with Crippen molar-refractivity contribution in [1.29, 1.82) is 0 Å². The van der Waals surface area contributed by atoms with E-state index in [1.165, 1.54) is 0 Å². The molecular formula is C7H12ClN. The monoisotopic (exact) mass is 145 g/mol. The van der Waals surface area contributed by atoms with Crippen molar-refractivity contribution in [3.05, 3.63) is 11.2 Å². The molecule has 2 heteroatoms. The number of hydrogen-bond donors (Lipinski definition) is 0. The smallest absolute Gasteiger partial charge is 0.101 e. The Morgan fingerprint density at radius 3 is 2.33 bits per heavy atom. The maximum absolute atomic E-state index is 5.83. The maximum Gasteiger partial charge on any atom is 0.101 e. The van der Waals surface area contributed by atoms with Gasteiger partial charge in [-0.25, -0.2) is 0 Å². The summed E-state index contributed by atoms with van der Waals surface area (Å²) in [7, 11) is 2.01. The number of halogens is 1. The average molecular weight is 146 g/mol. The lowest BCUT2D eigenvalue weighted by Crippen LogP contribution is -2.19. The molecule has 0 spiro atoms. The highest BCUT2D eigenvalue weighted by Gasteiger charge is 2.25. The first kappa shape index (κ1) is 6.94. The fourth-order valence-electron chi connectivity index (χ4n) is 1.17. The highest BCUT2D eigenvalue weighted by atomic mass is 35.5. The summed E-state index contributed by atoms with van der Waals surface area (Å²) in [5.41, 5.74) is 0.270. The second-order valence-electron chi connectivity index (χ2n) is 3.31. The van der Waals surface area contributed by atoms with E-state index >= 15 is 0 Å². The molecule has 0 radical (unpaired) electrons. The quantitative estimate of drug-likeness (QED) is 0.472. The first-order chi connectivity index (χ1) is 4.01. The van der Waals surface area contributed by atoms with Crippen molar-refractivity contribution in [3.63, 3.8) is 0 Å². The number of nitrogens with zero attached hydrogens (tertiary/aromatic N) is 1. The van der Waals surface area contributed by atoms with E-state index in [2.05, 4.69) is 24.8 Å². The molecule has 0 aromatic carbocycles. The van der Waals surface area contributed by atoms with Crippen LogP contribution in [0.15, 0.2) is 11.2 Å². The Balaban J connectivity index is 2.74. The van der Waals surface area contributed by atoms with E-state index in [9.17, 15) is 0 Å². The fraction of sp³-hybridized carbons (Fsp3) is 0.714. The van der Waals surface area contributed by atoms with Crippen molar-refractivity contribution in [2.24, 2.45) is 5.41 Å². The van der Waals surface area contributed by atoms with Crippen molar-refractivity contribution < 1.29 is 0 Å². The summed E-state index contributed by atoms with van der Waals surface area (Å²) in [6.45, 7) is 5.39. The molecule has 1 heterocycles. The molecule has 1 aliphatic rings. The fourth-order valence-corrected chi connectivity index (χ4v) is 1.52. The molecule has 0 unspecified atom stereocenters. The predicted molar refractivity (Wildman–Crippen MR) is 40.3 cm³/mol. The van der Waals surface area contributed by atoms with Crippen LogP contribution in [0.25, 0.3) is 0 Å². The lowest BCUT2D eigenvalue weighted by Gasteiger charge is -2.17. The minimum absolute atomic E-state index is 0.270. The van der Waals surface area contributed by atoms with Crippen molar-refractivity contribution in [3.8, 4) is 0 Å². The molecule has 1 rings (SSSR count). The third-order valence-corrected chi connectivity index (χ3v) is 1.92. The molecule has 9 heavy (non-hydrogen) atoms. The Morgan fingerprint density at radius 1 is 1.67 bits per heavy atom. The molecule has 0 bridgehead atoms. The minimum atomic E-state index is 0.270. The first-order valence-corrected chi connectivity index (χ1v) is 3.48. The third-order valence-electron chi connectivity index (χ3n) is 1.52. The van der Waals surface area contributed by atoms with Crippen LogP contribution in [0.5, 0.6) is 0 Å². The second kappa shape index (κ2) is 1.91. The highest BCUT2D eigenvalue weighted by molar-refractivity contribution is 6.29. The molecule has 0 N–H and O–H groups in total. The van der Waals surface area contributed by atoms with Crippen molar-refractivity contribution in [2.45, 2.75) is 13.8 Å². The molecular weight excluding hydrogens is 134 g/mol. The van der Waals surface area contributed by atoms with E-state index in [1.807, 2.05) is 7.05 Å². The van der Waals surface area contributed by atoms with Crippen LogP contribution in [0.4, 0.5) is 0 Å². The van der Waals surface area contributed by atoms with E-state index < -0.39 is 0 Å². The van der Waals surface area contributed by atoms with Gasteiger partial charge in [0.05, 0.1) is 0 Å². The third kappa shape index (κ3) is 1.39. The van der Waals surface area contributed by atoms with E-state index in [0.29, 0.717) is 0 Å².